The van der Waals surface area contributed by atoms with Gasteiger partial charge in [0, 0.05) is 19.6 Å². The molecular formula is C22H20F2N2O4S2. The summed E-state index contributed by atoms with van der Waals surface area (Å²) in [5.41, 5.74) is 2.75. The molecule has 0 fully saturated rings. The maximum atomic E-state index is 13.3. The summed E-state index contributed by atoms with van der Waals surface area (Å²) in [6.07, 6.45) is 0.617. The molecule has 0 saturated carbocycles. The van der Waals surface area contributed by atoms with Crippen LogP contribution in [0.15, 0.2) is 64.9 Å². The first kappa shape index (κ1) is 22.4. The predicted octanol–water partition coefficient (Wildman–Crippen LogP) is 4.03. The van der Waals surface area contributed by atoms with Gasteiger partial charge in [-0.3, -0.25) is 4.79 Å². The van der Waals surface area contributed by atoms with Crippen molar-refractivity contribution < 1.29 is 26.7 Å². The summed E-state index contributed by atoms with van der Waals surface area (Å²) in [6, 6.07) is 15.0. The minimum atomic E-state index is -3.84. The molecule has 1 aliphatic rings. The Morgan fingerprint density at radius 1 is 1.09 bits per heavy atom. The maximum absolute atomic E-state index is 13.3. The van der Waals surface area contributed by atoms with Crippen LogP contribution in [0, 0.1) is 0 Å². The Bertz CT molecular complexity index is 1210. The largest absolute Gasteiger partial charge is 0.435 e. The second-order valence-corrected chi connectivity index (χ2v) is 10.00. The van der Waals surface area contributed by atoms with Gasteiger partial charge in [-0.1, -0.05) is 36.4 Å². The minimum absolute atomic E-state index is 0.0138. The number of fused-ring (bicyclic) bond motifs is 1. The zero-order chi connectivity index (χ0) is 22.7. The number of halogens is 2. The van der Waals surface area contributed by atoms with Gasteiger partial charge in [-0.25, -0.2) is 8.42 Å². The van der Waals surface area contributed by atoms with Crippen LogP contribution in [0.1, 0.15) is 26.4 Å². The van der Waals surface area contributed by atoms with E-state index < -0.39 is 22.5 Å². The number of benzene rings is 2. The van der Waals surface area contributed by atoms with Crippen LogP contribution in [0.5, 0.6) is 5.75 Å². The third-order valence-electron chi connectivity index (χ3n) is 5.15. The van der Waals surface area contributed by atoms with Gasteiger partial charge < -0.3 is 10.1 Å². The molecule has 0 spiro atoms. The van der Waals surface area contributed by atoms with Gasteiger partial charge in [0.1, 0.15) is 15.5 Å². The van der Waals surface area contributed by atoms with E-state index in [0.29, 0.717) is 18.5 Å². The molecular weight excluding hydrogens is 458 g/mol. The Balaban J connectivity index is 1.45. The van der Waals surface area contributed by atoms with E-state index >= 15 is 0 Å². The molecule has 2 aromatic carbocycles. The molecule has 0 aliphatic carbocycles. The van der Waals surface area contributed by atoms with E-state index in [0.717, 1.165) is 22.5 Å². The van der Waals surface area contributed by atoms with Crippen molar-refractivity contribution in [2.75, 3.05) is 6.54 Å². The zero-order valence-electron chi connectivity index (χ0n) is 16.8. The SMILES string of the molecule is O=C(NCc1ccc(OC(F)F)cc1)c1sccc1S(=O)(=O)N1CCc2ccccc2C1. The molecule has 2 heterocycles. The van der Waals surface area contributed by atoms with Crippen molar-refractivity contribution >= 4 is 27.3 Å². The van der Waals surface area contributed by atoms with Crippen LogP contribution in [0.2, 0.25) is 0 Å². The summed E-state index contributed by atoms with van der Waals surface area (Å²) in [5, 5.41) is 4.27. The number of alkyl halides is 2. The lowest BCUT2D eigenvalue weighted by Gasteiger charge is -2.28. The Morgan fingerprint density at radius 3 is 2.53 bits per heavy atom. The molecule has 4 rings (SSSR count). The number of carbonyl (C=O) groups is 1. The molecule has 3 aromatic rings. The van der Waals surface area contributed by atoms with E-state index in [2.05, 4.69) is 10.1 Å². The van der Waals surface area contributed by atoms with Crippen molar-refractivity contribution in [2.45, 2.75) is 31.0 Å². The van der Waals surface area contributed by atoms with Crippen LogP contribution in [0.25, 0.3) is 0 Å². The van der Waals surface area contributed by atoms with Crippen molar-refractivity contribution in [1.29, 1.82) is 0 Å². The summed E-state index contributed by atoms with van der Waals surface area (Å²) in [4.78, 5) is 12.8. The average molecular weight is 479 g/mol. The van der Waals surface area contributed by atoms with Crippen LogP contribution >= 0.6 is 11.3 Å². The fourth-order valence-electron chi connectivity index (χ4n) is 3.53. The van der Waals surface area contributed by atoms with Crippen molar-refractivity contribution in [2.24, 2.45) is 0 Å². The van der Waals surface area contributed by atoms with Crippen molar-refractivity contribution in [3.63, 3.8) is 0 Å². The lowest BCUT2D eigenvalue weighted by atomic mass is 10.0. The van der Waals surface area contributed by atoms with Gasteiger partial charge in [0.15, 0.2) is 0 Å². The van der Waals surface area contributed by atoms with Gasteiger partial charge in [0.05, 0.1) is 0 Å². The second-order valence-electron chi connectivity index (χ2n) is 7.18. The van der Waals surface area contributed by atoms with Gasteiger partial charge >= 0.3 is 6.61 Å². The molecule has 0 atom stereocenters. The second kappa shape index (κ2) is 9.35. The quantitative estimate of drug-likeness (QED) is 0.557. The molecule has 168 valence electrons. The Kier molecular flexibility index (Phi) is 6.54. The molecule has 6 nitrogen and oxygen atoms in total. The number of hydrogen-bond donors (Lipinski definition) is 1. The Hall–Kier alpha value is -2.82. The number of thiophene rings is 1. The highest BCUT2D eigenvalue weighted by molar-refractivity contribution is 7.89. The fraction of sp³-hybridized carbons (Fsp3) is 0.227. The first-order valence-electron chi connectivity index (χ1n) is 9.81. The van der Waals surface area contributed by atoms with E-state index in [1.807, 2.05) is 24.3 Å². The van der Waals surface area contributed by atoms with Crippen molar-refractivity contribution in [3.05, 3.63) is 81.5 Å². The highest BCUT2D eigenvalue weighted by atomic mass is 32.2. The maximum Gasteiger partial charge on any atom is 0.387 e. The number of nitrogens with zero attached hydrogens (tertiary/aromatic N) is 1. The van der Waals surface area contributed by atoms with E-state index in [9.17, 15) is 22.0 Å². The van der Waals surface area contributed by atoms with Gasteiger partial charge in [-0.15, -0.1) is 11.3 Å². The zero-order valence-corrected chi connectivity index (χ0v) is 18.5. The van der Waals surface area contributed by atoms with Gasteiger partial charge in [0.2, 0.25) is 10.0 Å². The molecule has 1 aliphatic heterocycles. The summed E-state index contributed by atoms with van der Waals surface area (Å²) < 4.78 is 56.7. The summed E-state index contributed by atoms with van der Waals surface area (Å²) in [5.74, 6) is -0.492. The van der Waals surface area contributed by atoms with Crippen LogP contribution in [-0.2, 0) is 29.5 Å². The lowest BCUT2D eigenvalue weighted by Crippen LogP contribution is -2.36. The van der Waals surface area contributed by atoms with E-state index in [-0.39, 0.29) is 28.6 Å². The normalized spacial score (nSPS) is 14.2. The first-order valence-corrected chi connectivity index (χ1v) is 12.1. The molecule has 1 aromatic heterocycles. The lowest BCUT2D eigenvalue weighted by molar-refractivity contribution is -0.0498. The monoisotopic (exact) mass is 478 g/mol. The smallest absolute Gasteiger partial charge is 0.387 e. The molecule has 1 N–H and O–H groups in total. The summed E-state index contributed by atoms with van der Waals surface area (Å²) in [6.45, 7) is -2.18. The topological polar surface area (TPSA) is 75.7 Å². The van der Waals surface area contributed by atoms with Crippen LogP contribution in [0.4, 0.5) is 8.78 Å². The number of nitrogens with one attached hydrogen (secondary N) is 1. The highest BCUT2D eigenvalue weighted by Gasteiger charge is 2.32. The number of rotatable bonds is 7. The minimum Gasteiger partial charge on any atom is -0.435 e. The van der Waals surface area contributed by atoms with Crippen molar-refractivity contribution in [3.8, 4) is 5.75 Å². The molecule has 1 amide bonds. The number of hydrogen-bond acceptors (Lipinski definition) is 5. The van der Waals surface area contributed by atoms with Crippen LogP contribution < -0.4 is 10.1 Å². The van der Waals surface area contributed by atoms with Gasteiger partial charge in [-0.05, 0) is 46.7 Å². The van der Waals surface area contributed by atoms with Crippen LogP contribution in [-0.4, -0.2) is 31.8 Å². The van der Waals surface area contributed by atoms with Crippen molar-refractivity contribution in [1.82, 2.24) is 9.62 Å². The molecule has 10 heteroatoms. The number of carbonyl (C=O) groups excluding carboxylic acids is 1. The number of sulfonamides is 1. The van der Waals surface area contributed by atoms with Gasteiger partial charge in [0.25, 0.3) is 5.91 Å². The third kappa shape index (κ3) is 4.82. The summed E-state index contributed by atoms with van der Waals surface area (Å²) in [7, 11) is -3.84. The fourth-order valence-corrected chi connectivity index (χ4v) is 6.27. The van der Waals surface area contributed by atoms with E-state index in [4.69, 9.17) is 0 Å². The van der Waals surface area contributed by atoms with E-state index in [1.54, 1.807) is 17.5 Å². The number of amides is 1. The number of ether oxygens (including phenoxy) is 1. The van der Waals surface area contributed by atoms with E-state index in [1.165, 1.54) is 22.5 Å². The molecule has 0 radical (unpaired) electrons. The molecule has 0 bridgehead atoms. The highest BCUT2D eigenvalue weighted by Crippen LogP contribution is 2.29. The predicted molar refractivity (Wildman–Crippen MR) is 116 cm³/mol. The Labute approximate surface area is 188 Å². The van der Waals surface area contributed by atoms with Gasteiger partial charge in [-0.2, -0.15) is 13.1 Å². The standard InChI is InChI=1S/C22H20F2N2O4S2/c23-22(24)30-18-7-5-15(6-8-18)13-25-21(27)20-19(10-12-31-20)32(28,29)26-11-9-16-3-1-2-4-17(16)14-26/h1-8,10,12,22H,9,11,13-14H2,(H,25,27). The molecule has 0 saturated heterocycles. The average Bonchev–Trinajstić information content (AvgIpc) is 3.29. The summed E-state index contributed by atoms with van der Waals surface area (Å²) >= 11 is 1.06. The third-order valence-corrected chi connectivity index (χ3v) is 8.08. The van der Waals surface area contributed by atoms with Crippen LogP contribution in [0.3, 0.4) is 0 Å². The first-order chi connectivity index (χ1) is 15.3. The Morgan fingerprint density at radius 2 is 1.81 bits per heavy atom. The molecule has 32 heavy (non-hydrogen) atoms. The molecule has 0 unspecified atom stereocenters.